The Hall–Kier alpha value is -1.59. The molecule has 22 heavy (non-hydrogen) atoms. The fraction of sp³-hybridized carbons (Fsp3) is 0.588. The van der Waals surface area contributed by atoms with Crippen LogP contribution in [0.5, 0.6) is 5.75 Å². The highest BCUT2D eigenvalue weighted by Gasteiger charge is 2.30. The summed E-state index contributed by atoms with van der Waals surface area (Å²) in [5.41, 5.74) is 1.09. The van der Waals surface area contributed by atoms with Crippen molar-refractivity contribution in [2.24, 2.45) is 0 Å². The van der Waals surface area contributed by atoms with Crippen LogP contribution in [-0.4, -0.2) is 51.8 Å². The SMILES string of the molecule is CC[NH+]1CC[NH+]([C@H](C)C(=O)NCc2ccc(OC)cc2)CC1. The molecule has 3 N–H and O–H groups in total. The number of methoxy groups -OCH3 is 1. The lowest BCUT2D eigenvalue weighted by atomic mass is 10.2. The van der Waals surface area contributed by atoms with Gasteiger partial charge in [0.05, 0.1) is 13.7 Å². The second-order valence-electron chi connectivity index (χ2n) is 6.05. The quantitative estimate of drug-likeness (QED) is 0.599. The summed E-state index contributed by atoms with van der Waals surface area (Å²) in [7, 11) is 1.65. The zero-order valence-electron chi connectivity index (χ0n) is 13.9. The molecule has 1 aliphatic heterocycles. The van der Waals surface area contributed by atoms with Crippen molar-refractivity contribution in [2.75, 3.05) is 39.8 Å². The van der Waals surface area contributed by atoms with Gasteiger partial charge in [-0.2, -0.15) is 0 Å². The molecule has 5 heteroatoms. The average molecular weight is 307 g/mol. The lowest BCUT2D eigenvalue weighted by molar-refractivity contribution is -1.02. The zero-order chi connectivity index (χ0) is 15.9. The molecule has 1 saturated heterocycles. The molecule has 1 aromatic rings. The Morgan fingerprint density at radius 2 is 1.86 bits per heavy atom. The summed E-state index contributed by atoms with van der Waals surface area (Å²) in [4.78, 5) is 15.4. The number of likely N-dealkylation sites (N-methyl/N-ethyl adjacent to an activating group) is 1. The van der Waals surface area contributed by atoms with E-state index in [4.69, 9.17) is 4.74 Å². The minimum absolute atomic E-state index is 0.0247. The predicted molar refractivity (Wildman–Crippen MR) is 86.2 cm³/mol. The van der Waals surface area contributed by atoms with Crippen LogP contribution in [0.2, 0.25) is 0 Å². The highest BCUT2D eigenvalue weighted by molar-refractivity contribution is 5.79. The van der Waals surface area contributed by atoms with Gasteiger partial charge in [-0.25, -0.2) is 0 Å². The Morgan fingerprint density at radius 1 is 1.23 bits per heavy atom. The number of rotatable bonds is 6. The van der Waals surface area contributed by atoms with Crippen LogP contribution in [0.1, 0.15) is 19.4 Å². The first-order chi connectivity index (χ1) is 10.6. The largest absolute Gasteiger partial charge is 0.497 e. The minimum Gasteiger partial charge on any atom is -0.497 e. The number of quaternary nitrogens is 2. The first-order valence-corrected chi connectivity index (χ1v) is 8.22. The number of hydrogen-bond acceptors (Lipinski definition) is 2. The molecule has 1 heterocycles. The van der Waals surface area contributed by atoms with Gasteiger partial charge in [-0.05, 0) is 31.5 Å². The number of piperazine rings is 1. The molecule has 0 radical (unpaired) electrons. The molecular formula is C17H29N3O2+2. The van der Waals surface area contributed by atoms with Gasteiger partial charge in [0.2, 0.25) is 0 Å². The van der Waals surface area contributed by atoms with Crippen molar-refractivity contribution >= 4 is 5.91 Å². The molecule has 0 aromatic heterocycles. The lowest BCUT2D eigenvalue weighted by Gasteiger charge is -2.32. The van der Waals surface area contributed by atoms with E-state index >= 15 is 0 Å². The fourth-order valence-electron chi connectivity index (χ4n) is 2.98. The van der Waals surface area contributed by atoms with Crippen molar-refractivity contribution in [1.29, 1.82) is 0 Å². The van der Waals surface area contributed by atoms with E-state index in [1.54, 1.807) is 12.0 Å². The number of benzene rings is 1. The summed E-state index contributed by atoms with van der Waals surface area (Å²) in [6.45, 7) is 10.5. The van der Waals surface area contributed by atoms with Crippen molar-refractivity contribution in [2.45, 2.75) is 26.4 Å². The summed E-state index contributed by atoms with van der Waals surface area (Å²) in [6.07, 6.45) is 0. The normalized spacial score (nSPS) is 22.9. The summed E-state index contributed by atoms with van der Waals surface area (Å²) in [6, 6.07) is 7.84. The molecule has 1 aliphatic rings. The van der Waals surface area contributed by atoms with E-state index in [1.165, 1.54) is 24.5 Å². The van der Waals surface area contributed by atoms with Crippen LogP contribution in [0.15, 0.2) is 24.3 Å². The van der Waals surface area contributed by atoms with Gasteiger partial charge >= 0.3 is 0 Å². The van der Waals surface area contributed by atoms with E-state index in [2.05, 4.69) is 12.2 Å². The Labute approximate surface area is 133 Å². The number of amides is 1. The molecule has 0 spiro atoms. The van der Waals surface area contributed by atoms with Gasteiger partial charge in [0.15, 0.2) is 6.04 Å². The van der Waals surface area contributed by atoms with Crippen molar-refractivity contribution in [3.05, 3.63) is 29.8 Å². The highest BCUT2D eigenvalue weighted by atomic mass is 16.5. The Kier molecular flexibility index (Phi) is 6.21. The molecule has 1 fully saturated rings. The number of nitrogens with one attached hydrogen (secondary N) is 3. The average Bonchev–Trinajstić information content (AvgIpc) is 2.59. The van der Waals surface area contributed by atoms with Gasteiger partial charge in [0, 0.05) is 6.54 Å². The van der Waals surface area contributed by atoms with E-state index in [-0.39, 0.29) is 11.9 Å². The monoisotopic (exact) mass is 307 g/mol. The molecule has 0 saturated carbocycles. The van der Waals surface area contributed by atoms with Gasteiger partial charge < -0.3 is 19.9 Å². The predicted octanol–water partition coefficient (Wildman–Crippen LogP) is -1.50. The number of hydrogen-bond donors (Lipinski definition) is 3. The van der Waals surface area contributed by atoms with Gasteiger partial charge in [-0.3, -0.25) is 4.79 Å². The van der Waals surface area contributed by atoms with Crippen LogP contribution >= 0.6 is 0 Å². The van der Waals surface area contributed by atoms with Crippen molar-refractivity contribution < 1.29 is 19.3 Å². The number of carbonyl (C=O) groups is 1. The second-order valence-corrected chi connectivity index (χ2v) is 6.05. The number of ether oxygens (including phenoxy) is 1. The molecular weight excluding hydrogens is 278 g/mol. The van der Waals surface area contributed by atoms with Crippen LogP contribution in [0.3, 0.4) is 0 Å². The molecule has 2 rings (SSSR count). The number of carbonyl (C=O) groups excluding carboxylic acids is 1. The Bertz CT molecular complexity index is 467. The topological polar surface area (TPSA) is 47.2 Å². The smallest absolute Gasteiger partial charge is 0.278 e. The lowest BCUT2D eigenvalue weighted by Crippen LogP contribution is -3.29. The molecule has 0 bridgehead atoms. The van der Waals surface area contributed by atoms with E-state index < -0.39 is 0 Å². The maximum absolute atomic E-state index is 12.3. The van der Waals surface area contributed by atoms with E-state index in [1.807, 2.05) is 31.2 Å². The van der Waals surface area contributed by atoms with Crippen molar-refractivity contribution in [3.8, 4) is 5.75 Å². The van der Waals surface area contributed by atoms with Gasteiger partial charge in [0.25, 0.3) is 5.91 Å². The molecule has 0 unspecified atom stereocenters. The van der Waals surface area contributed by atoms with Crippen LogP contribution in [0.25, 0.3) is 0 Å². The van der Waals surface area contributed by atoms with E-state index in [0.29, 0.717) is 6.54 Å². The molecule has 1 aromatic carbocycles. The zero-order valence-corrected chi connectivity index (χ0v) is 13.9. The van der Waals surface area contributed by atoms with Crippen molar-refractivity contribution in [3.63, 3.8) is 0 Å². The third kappa shape index (κ3) is 4.45. The summed E-state index contributed by atoms with van der Waals surface area (Å²) < 4.78 is 5.14. The first kappa shape index (κ1) is 16.8. The van der Waals surface area contributed by atoms with Gasteiger partial charge in [-0.15, -0.1) is 0 Å². The molecule has 5 nitrogen and oxygen atoms in total. The van der Waals surface area contributed by atoms with Gasteiger partial charge in [0.1, 0.15) is 31.9 Å². The highest BCUT2D eigenvalue weighted by Crippen LogP contribution is 2.10. The molecule has 1 atom stereocenters. The van der Waals surface area contributed by atoms with Crippen LogP contribution < -0.4 is 19.9 Å². The Morgan fingerprint density at radius 3 is 2.41 bits per heavy atom. The molecule has 0 aliphatic carbocycles. The van der Waals surface area contributed by atoms with E-state index in [0.717, 1.165) is 24.4 Å². The summed E-state index contributed by atoms with van der Waals surface area (Å²) in [5.74, 6) is 0.981. The standard InChI is InChI=1S/C17H27N3O2/c1-4-19-9-11-20(12-10-19)14(2)17(21)18-13-15-5-7-16(22-3)8-6-15/h5-8,14H,4,9-13H2,1-3H3,(H,18,21)/p+2/t14-/m1/s1. The summed E-state index contributed by atoms with van der Waals surface area (Å²) >= 11 is 0. The fourth-order valence-corrected chi connectivity index (χ4v) is 2.98. The van der Waals surface area contributed by atoms with Crippen LogP contribution in [0.4, 0.5) is 0 Å². The van der Waals surface area contributed by atoms with Crippen molar-refractivity contribution in [1.82, 2.24) is 5.32 Å². The minimum atomic E-state index is 0.0247. The molecule has 1 amide bonds. The van der Waals surface area contributed by atoms with Crippen LogP contribution in [0, 0.1) is 0 Å². The Balaban J connectivity index is 1.78. The second kappa shape index (κ2) is 8.15. The molecule has 122 valence electrons. The maximum Gasteiger partial charge on any atom is 0.278 e. The van der Waals surface area contributed by atoms with Crippen LogP contribution in [-0.2, 0) is 11.3 Å². The third-order valence-corrected chi connectivity index (χ3v) is 4.73. The van der Waals surface area contributed by atoms with E-state index in [9.17, 15) is 4.79 Å². The summed E-state index contributed by atoms with van der Waals surface area (Å²) in [5, 5.41) is 3.05. The first-order valence-electron chi connectivity index (χ1n) is 8.22. The third-order valence-electron chi connectivity index (χ3n) is 4.73. The maximum atomic E-state index is 12.3. The van der Waals surface area contributed by atoms with Gasteiger partial charge in [-0.1, -0.05) is 12.1 Å².